The van der Waals surface area contributed by atoms with Crippen molar-refractivity contribution in [2.24, 2.45) is 5.73 Å². The quantitative estimate of drug-likeness (QED) is 0.186. The first-order valence-corrected chi connectivity index (χ1v) is 9.94. The van der Waals surface area contributed by atoms with Gasteiger partial charge in [-0.2, -0.15) is 12.6 Å². The Morgan fingerprint density at radius 1 is 0.903 bits per heavy atom. The fraction of sp³-hybridized carbons (Fsp3) is 0.421. The topological polar surface area (TPSA) is 188 Å². The van der Waals surface area contributed by atoms with Crippen molar-refractivity contribution in [3.05, 3.63) is 35.9 Å². The second-order valence-electron chi connectivity index (χ2n) is 6.78. The summed E-state index contributed by atoms with van der Waals surface area (Å²) in [6.45, 7) is 1.35. The van der Waals surface area contributed by atoms with Crippen LogP contribution in [0.5, 0.6) is 0 Å². The Morgan fingerprint density at radius 2 is 1.42 bits per heavy atom. The van der Waals surface area contributed by atoms with Gasteiger partial charge in [0.2, 0.25) is 17.7 Å². The zero-order valence-electron chi connectivity index (χ0n) is 16.8. The second-order valence-corrected chi connectivity index (χ2v) is 7.15. The molecule has 12 heteroatoms. The first kappa shape index (κ1) is 25.9. The summed E-state index contributed by atoms with van der Waals surface area (Å²) in [5, 5.41) is 25.2. The van der Waals surface area contributed by atoms with E-state index in [1.165, 1.54) is 6.92 Å². The van der Waals surface area contributed by atoms with Crippen LogP contribution in [0.15, 0.2) is 30.3 Å². The van der Waals surface area contributed by atoms with Crippen LogP contribution in [0.3, 0.4) is 0 Å². The number of benzene rings is 1. The van der Waals surface area contributed by atoms with Crippen molar-refractivity contribution >= 4 is 42.3 Å². The molecular weight excluding hydrogens is 428 g/mol. The van der Waals surface area contributed by atoms with Gasteiger partial charge in [0.25, 0.3) is 0 Å². The number of hydrogen-bond donors (Lipinski definition) is 7. The lowest BCUT2D eigenvalue weighted by molar-refractivity contribution is -0.143. The van der Waals surface area contributed by atoms with Gasteiger partial charge >= 0.3 is 11.9 Å². The number of aliphatic carboxylic acids is 2. The van der Waals surface area contributed by atoms with Gasteiger partial charge in [-0.1, -0.05) is 30.3 Å². The van der Waals surface area contributed by atoms with Gasteiger partial charge in [-0.05, 0) is 12.5 Å². The molecule has 0 aliphatic carbocycles. The summed E-state index contributed by atoms with van der Waals surface area (Å²) >= 11 is 4.00. The molecular formula is C19H26N4O7S. The first-order chi connectivity index (χ1) is 14.5. The molecule has 0 heterocycles. The molecule has 0 fully saturated rings. The molecule has 0 aliphatic heterocycles. The van der Waals surface area contributed by atoms with E-state index in [1.54, 1.807) is 30.3 Å². The van der Waals surface area contributed by atoms with Gasteiger partial charge in [-0.3, -0.25) is 19.2 Å². The van der Waals surface area contributed by atoms with Gasteiger partial charge in [0.15, 0.2) is 0 Å². The normalized spacial score (nSPS) is 14.4. The van der Waals surface area contributed by atoms with Crippen molar-refractivity contribution in [3.8, 4) is 0 Å². The summed E-state index contributed by atoms with van der Waals surface area (Å²) in [5.41, 5.74) is 6.10. The van der Waals surface area contributed by atoms with Crippen molar-refractivity contribution in [1.29, 1.82) is 0 Å². The number of carboxylic acid groups (broad SMARTS) is 2. The molecule has 0 bridgehead atoms. The average Bonchev–Trinajstić information content (AvgIpc) is 2.70. The summed E-state index contributed by atoms with van der Waals surface area (Å²) in [5.74, 6) is -5.34. The van der Waals surface area contributed by atoms with Crippen LogP contribution in [0.4, 0.5) is 0 Å². The lowest BCUT2D eigenvalue weighted by atomic mass is 10.1. The van der Waals surface area contributed by atoms with E-state index in [2.05, 4.69) is 28.6 Å². The highest BCUT2D eigenvalue weighted by atomic mass is 32.1. The molecule has 3 amide bonds. The summed E-state index contributed by atoms with van der Waals surface area (Å²) in [4.78, 5) is 59.3. The van der Waals surface area contributed by atoms with E-state index in [9.17, 15) is 29.1 Å². The van der Waals surface area contributed by atoms with E-state index in [4.69, 9.17) is 10.8 Å². The highest BCUT2D eigenvalue weighted by Crippen LogP contribution is 2.05. The molecule has 1 aromatic rings. The minimum atomic E-state index is -1.48. The van der Waals surface area contributed by atoms with Gasteiger partial charge < -0.3 is 31.9 Å². The van der Waals surface area contributed by atoms with Crippen LogP contribution in [0, 0.1) is 0 Å². The van der Waals surface area contributed by atoms with Crippen molar-refractivity contribution in [2.45, 2.75) is 43.9 Å². The minimum Gasteiger partial charge on any atom is -0.481 e. The van der Waals surface area contributed by atoms with Crippen molar-refractivity contribution in [2.75, 3.05) is 5.75 Å². The van der Waals surface area contributed by atoms with Crippen LogP contribution >= 0.6 is 12.6 Å². The molecule has 0 spiro atoms. The van der Waals surface area contributed by atoms with E-state index in [1.807, 2.05) is 0 Å². The molecule has 0 saturated heterocycles. The summed E-state index contributed by atoms with van der Waals surface area (Å²) in [6.07, 6.45) is -0.724. The smallest absolute Gasteiger partial charge is 0.326 e. The zero-order chi connectivity index (χ0) is 23.6. The molecule has 0 saturated carbocycles. The molecule has 1 rings (SSSR count). The van der Waals surface area contributed by atoms with E-state index >= 15 is 0 Å². The number of nitrogens with one attached hydrogen (secondary N) is 3. The molecule has 0 aromatic heterocycles. The Hall–Kier alpha value is -3.12. The van der Waals surface area contributed by atoms with Crippen LogP contribution in [-0.2, 0) is 30.4 Å². The number of amides is 3. The predicted octanol–water partition coefficient (Wildman–Crippen LogP) is -1.48. The third-order valence-corrected chi connectivity index (χ3v) is 4.50. The van der Waals surface area contributed by atoms with Gasteiger partial charge in [0.1, 0.15) is 18.1 Å². The molecule has 0 radical (unpaired) electrons. The standard InChI is InChI=1S/C19H26N4O7S/c1-10(20)16(26)21-12(8-15(24)25)17(27)23-14(9-31)18(28)22-13(19(29)30)7-11-5-3-2-4-6-11/h2-6,10,12-14,31H,7-9,20H2,1H3,(H,21,26)(H,22,28)(H,23,27)(H,24,25)(H,29,30). The molecule has 0 aliphatic rings. The van der Waals surface area contributed by atoms with Crippen molar-refractivity contribution in [1.82, 2.24) is 16.0 Å². The van der Waals surface area contributed by atoms with E-state index in [0.29, 0.717) is 5.56 Å². The van der Waals surface area contributed by atoms with Gasteiger partial charge in [-0.25, -0.2) is 4.79 Å². The molecule has 170 valence electrons. The van der Waals surface area contributed by atoms with Crippen LogP contribution in [-0.4, -0.2) is 69.8 Å². The highest BCUT2D eigenvalue weighted by Gasteiger charge is 2.30. The number of rotatable bonds is 12. The monoisotopic (exact) mass is 454 g/mol. The Kier molecular flexibility index (Phi) is 10.5. The van der Waals surface area contributed by atoms with Crippen LogP contribution < -0.4 is 21.7 Å². The highest BCUT2D eigenvalue weighted by molar-refractivity contribution is 7.80. The number of carboxylic acids is 2. The second kappa shape index (κ2) is 12.5. The largest absolute Gasteiger partial charge is 0.481 e. The number of carbonyl (C=O) groups is 5. The maximum absolute atomic E-state index is 12.5. The van der Waals surface area contributed by atoms with Gasteiger partial charge in [0.05, 0.1) is 12.5 Å². The van der Waals surface area contributed by atoms with Crippen LogP contribution in [0.2, 0.25) is 0 Å². The fourth-order valence-corrected chi connectivity index (χ4v) is 2.73. The lowest BCUT2D eigenvalue weighted by Crippen LogP contribution is -2.58. The average molecular weight is 455 g/mol. The zero-order valence-corrected chi connectivity index (χ0v) is 17.7. The summed E-state index contributed by atoms with van der Waals surface area (Å²) in [6, 6.07) is 3.64. The number of nitrogens with two attached hydrogens (primary N) is 1. The van der Waals surface area contributed by atoms with Crippen molar-refractivity contribution in [3.63, 3.8) is 0 Å². The Balaban J connectivity index is 2.85. The predicted molar refractivity (Wildman–Crippen MR) is 113 cm³/mol. The number of carbonyl (C=O) groups excluding carboxylic acids is 3. The summed E-state index contributed by atoms with van der Waals surface area (Å²) < 4.78 is 0. The molecule has 7 N–H and O–H groups in total. The van der Waals surface area contributed by atoms with Gasteiger partial charge in [0, 0.05) is 12.2 Å². The minimum absolute atomic E-state index is 0.0151. The van der Waals surface area contributed by atoms with E-state index in [0.717, 1.165) is 0 Å². The Bertz CT molecular complexity index is 804. The van der Waals surface area contributed by atoms with Gasteiger partial charge in [-0.15, -0.1) is 0 Å². The molecule has 11 nitrogen and oxygen atoms in total. The third kappa shape index (κ3) is 9.05. The molecule has 1 aromatic carbocycles. The van der Waals surface area contributed by atoms with Crippen molar-refractivity contribution < 1.29 is 34.2 Å². The number of thiol groups is 1. The fourth-order valence-electron chi connectivity index (χ4n) is 2.48. The first-order valence-electron chi connectivity index (χ1n) is 9.31. The maximum Gasteiger partial charge on any atom is 0.326 e. The lowest BCUT2D eigenvalue weighted by Gasteiger charge is -2.23. The Morgan fingerprint density at radius 3 is 1.90 bits per heavy atom. The molecule has 4 atom stereocenters. The SMILES string of the molecule is CC(N)C(=O)NC(CC(=O)O)C(=O)NC(CS)C(=O)NC(Cc1ccccc1)C(=O)O. The summed E-state index contributed by atoms with van der Waals surface area (Å²) in [7, 11) is 0. The van der Waals surface area contributed by atoms with E-state index < -0.39 is 60.2 Å². The number of hydrogen-bond acceptors (Lipinski definition) is 7. The van der Waals surface area contributed by atoms with Crippen LogP contribution in [0.25, 0.3) is 0 Å². The maximum atomic E-state index is 12.5. The van der Waals surface area contributed by atoms with E-state index in [-0.39, 0.29) is 12.2 Å². The van der Waals surface area contributed by atoms with Crippen LogP contribution in [0.1, 0.15) is 18.9 Å². The molecule has 4 unspecified atom stereocenters. The molecule has 31 heavy (non-hydrogen) atoms. The third-order valence-electron chi connectivity index (χ3n) is 4.14. The Labute approximate surface area is 184 Å².